The van der Waals surface area contributed by atoms with Crippen molar-refractivity contribution in [2.45, 2.75) is 31.8 Å². The van der Waals surface area contributed by atoms with Crippen LogP contribution < -0.4 is 0 Å². The van der Waals surface area contributed by atoms with Crippen LogP contribution >= 0.6 is 27.5 Å². The Balaban J connectivity index is 1.46. The van der Waals surface area contributed by atoms with Crippen LogP contribution in [0.5, 0.6) is 0 Å². The monoisotopic (exact) mass is 445 g/mol. The maximum absolute atomic E-state index is 12.8. The first kappa shape index (κ1) is 18.2. The van der Waals surface area contributed by atoms with Crippen LogP contribution in [0.1, 0.15) is 24.3 Å². The second-order valence-electron chi connectivity index (χ2n) is 6.56. The number of rotatable bonds is 6. The number of aromatic nitrogens is 2. The third-order valence-corrected chi connectivity index (χ3v) is 5.22. The molecule has 1 fully saturated rings. The lowest BCUT2D eigenvalue weighted by Crippen LogP contribution is -2.33. The zero-order chi connectivity index (χ0) is 18.8. The quantitative estimate of drug-likeness (QED) is 0.541. The molecule has 0 radical (unpaired) electrons. The molecule has 1 heterocycles. The molecule has 7 heteroatoms. The minimum atomic E-state index is 0.0751. The molecule has 4 rings (SSSR count). The van der Waals surface area contributed by atoms with E-state index in [9.17, 15) is 4.79 Å². The first-order valence-electron chi connectivity index (χ1n) is 8.71. The van der Waals surface area contributed by atoms with E-state index in [0.717, 1.165) is 28.4 Å². The van der Waals surface area contributed by atoms with Crippen LogP contribution in [0.15, 0.2) is 57.4 Å². The molecule has 0 saturated heterocycles. The van der Waals surface area contributed by atoms with Crippen molar-refractivity contribution >= 4 is 33.4 Å². The van der Waals surface area contributed by atoms with E-state index in [2.05, 4.69) is 26.1 Å². The molecule has 0 atom stereocenters. The molecule has 2 aromatic carbocycles. The average molecular weight is 447 g/mol. The van der Waals surface area contributed by atoms with Crippen LogP contribution in [0.2, 0.25) is 5.02 Å². The third kappa shape index (κ3) is 4.57. The van der Waals surface area contributed by atoms with Gasteiger partial charge >= 0.3 is 0 Å². The topological polar surface area (TPSA) is 59.2 Å². The number of benzene rings is 2. The standard InChI is InChI=1S/C20H17BrClN3O2/c21-15-5-1-13(2-6-15)11-19(26)25(17-9-10-17)12-18-23-24-20(27-18)14-3-7-16(22)8-4-14/h1-8,17H,9-12H2. The van der Waals surface area contributed by atoms with Crippen LogP contribution in [-0.4, -0.2) is 27.0 Å². The molecule has 1 saturated carbocycles. The van der Waals surface area contributed by atoms with E-state index in [1.807, 2.05) is 41.3 Å². The predicted octanol–water partition coefficient (Wildman–Crippen LogP) is 4.89. The van der Waals surface area contributed by atoms with Gasteiger partial charge in [-0.05, 0) is 54.8 Å². The fraction of sp³-hybridized carbons (Fsp3) is 0.250. The summed E-state index contributed by atoms with van der Waals surface area (Å²) in [6, 6.07) is 15.3. The number of amides is 1. The van der Waals surface area contributed by atoms with E-state index in [1.165, 1.54) is 0 Å². The highest BCUT2D eigenvalue weighted by molar-refractivity contribution is 9.10. The molecule has 27 heavy (non-hydrogen) atoms. The van der Waals surface area contributed by atoms with Crippen LogP contribution in [0.3, 0.4) is 0 Å². The highest BCUT2D eigenvalue weighted by Gasteiger charge is 2.33. The first-order chi connectivity index (χ1) is 13.1. The Hall–Kier alpha value is -2.18. The SMILES string of the molecule is O=C(Cc1ccc(Br)cc1)N(Cc1nnc(-c2ccc(Cl)cc2)o1)C1CC1. The van der Waals surface area contributed by atoms with Gasteiger partial charge in [-0.2, -0.15) is 0 Å². The molecule has 0 bridgehead atoms. The molecule has 138 valence electrons. The molecule has 1 aliphatic rings. The van der Waals surface area contributed by atoms with Crippen LogP contribution in [0.25, 0.3) is 11.5 Å². The summed E-state index contributed by atoms with van der Waals surface area (Å²) in [4.78, 5) is 14.7. The normalized spacial score (nSPS) is 13.6. The van der Waals surface area contributed by atoms with Crippen LogP contribution in [0, 0.1) is 0 Å². The molecule has 0 N–H and O–H groups in total. The molecule has 0 aliphatic heterocycles. The molecule has 3 aromatic rings. The summed E-state index contributed by atoms with van der Waals surface area (Å²) in [6.07, 6.45) is 2.40. The zero-order valence-corrected chi connectivity index (χ0v) is 16.8. The Kier molecular flexibility index (Phi) is 5.27. The molecule has 1 aliphatic carbocycles. The minimum Gasteiger partial charge on any atom is -0.419 e. The summed E-state index contributed by atoms with van der Waals surface area (Å²) in [6.45, 7) is 0.334. The lowest BCUT2D eigenvalue weighted by molar-refractivity contribution is -0.132. The van der Waals surface area contributed by atoms with Gasteiger partial charge in [0.1, 0.15) is 0 Å². The van der Waals surface area contributed by atoms with Gasteiger partial charge in [-0.15, -0.1) is 10.2 Å². The Morgan fingerprint density at radius 1 is 1.11 bits per heavy atom. The minimum absolute atomic E-state index is 0.0751. The second-order valence-corrected chi connectivity index (χ2v) is 7.92. The van der Waals surface area contributed by atoms with Gasteiger partial charge in [0, 0.05) is 21.1 Å². The summed E-state index contributed by atoms with van der Waals surface area (Å²) >= 11 is 9.32. The fourth-order valence-corrected chi connectivity index (χ4v) is 3.25. The largest absolute Gasteiger partial charge is 0.419 e. The first-order valence-corrected chi connectivity index (χ1v) is 9.88. The Labute approximate surface area is 170 Å². The van der Waals surface area contributed by atoms with Crippen molar-refractivity contribution in [2.24, 2.45) is 0 Å². The molecule has 1 aromatic heterocycles. The van der Waals surface area contributed by atoms with Crippen molar-refractivity contribution in [2.75, 3.05) is 0 Å². The van der Waals surface area contributed by atoms with Crippen molar-refractivity contribution in [3.8, 4) is 11.5 Å². The summed E-state index contributed by atoms with van der Waals surface area (Å²) in [7, 11) is 0. The summed E-state index contributed by atoms with van der Waals surface area (Å²) in [5.41, 5.74) is 1.79. The lowest BCUT2D eigenvalue weighted by atomic mass is 10.1. The molecule has 1 amide bonds. The molecular weight excluding hydrogens is 430 g/mol. The van der Waals surface area contributed by atoms with E-state index in [1.54, 1.807) is 12.1 Å². The van der Waals surface area contributed by atoms with Gasteiger partial charge in [0.15, 0.2) is 0 Å². The summed E-state index contributed by atoms with van der Waals surface area (Å²) in [5, 5.41) is 8.87. The number of carbonyl (C=O) groups excluding carboxylic acids is 1. The zero-order valence-electron chi connectivity index (χ0n) is 14.4. The number of hydrogen-bond acceptors (Lipinski definition) is 4. The Morgan fingerprint density at radius 2 is 1.81 bits per heavy atom. The van der Waals surface area contributed by atoms with Gasteiger partial charge in [-0.3, -0.25) is 4.79 Å². The fourth-order valence-electron chi connectivity index (χ4n) is 2.86. The van der Waals surface area contributed by atoms with Crippen molar-refractivity contribution in [3.63, 3.8) is 0 Å². The van der Waals surface area contributed by atoms with Gasteiger partial charge in [-0.25, -0.2) is 0 Å². The number of nitrogens with zero attached hydrogens (tertiary/aromatic N) is 3. The highest BCUT2D eigenvalue weighted by Crippen LogP contribution is 2.29. The summed E-state index contributed by atoms with van der Waals surface area (Å²) in [5.74, 6) is 0.944. The number of carbonyl (C=O) groups is 1. The van der Waals surface area contributed by atoms with E-state index < -0.39 is 0 Å². The predicted molar refractivity (Wildman–Crippen MR) is 106 cm³/mol. The van der Waals surface area contributed by atoms with E-state index in [0.29, 0.717) is 29.8 Å². The van der Waals surface area contributed by atoms with Crippen molar-refractivity contribution in [1.82, 2.24) is 15.1 Å². The van der Waals surface area contributed by atoms with Crippen molar-refractivity contribution in [3.05, 3.63) is 69.5 Å². The van der Waals surface area contributed by atoms with Gasteiger partial charge < -0.3 is 9.32 Å². The average Bonchev–Trinajstić information content (AvgIpc) is 3.40. The van der Waals surface area contributed by atoms with Crippen LogP contribution in [0.4, 0.5) is 0 Å². The molecule has 0 spiro atoms. The highest BCUT2D eigenvalue weighted by atomic mass is 79.9. The van der Waals surface area contributed by atoms with Crippen molar-refractivity contribution in [1.29, 1.82) is 0 Å². The molecule has 5 nitrogen and oxygen atoms in total. The van der Waals surface area contributed by atoms with Crippen LogP contribution in [-0.2, 0) is 17.8 Å². The van der Waals surface area contributed by atoms with E-state index in [4.69, 9.17) is 16.0 Å². The van der Waals surface area contributed by atoms with Gasteiger partial charge in [0.2, 0.25) is 17.7 Å². The Bertz CT molecular complexity index is 937. The Morgan fingerprint density at radius 3 is 2.48 bits per heavy atom. The smallest absolute Gasteiger partial charge is 0.247 e. The molecule has 0 unspecified atom stereocenters. The maximum atomic E-state index is 12.8. The molecular formula is C20H17BrClN3O2. The number of hydrogen-bond donors (Lipinski definition) is 0. The number of halogens is 2. The van der Waals surface area contributed by atoms with E-state index >= 15 is 0 Å². The maximum Gasteiger partial charge on any atom is 0.247 e. The van der Waals surface area contributed by atoms with E-state index in [-0.39, 0.29) is 11.9 Å². The van der Waals surface area contributed by atoms with Gasteiger partial charge in [0.25, 0.3) is 0 Å². The van der Waals surface area contributed by atoms with Gasteiger partial charge in [-0.1, -0.05) is 39.7 Å². The van der Waals surface area contributed by atoms with Gasteiger partial charge in [0.05, 0.1) is 13.0 Å². The second kappa shape index (κ2) is 7.82. The third-order valence-electron chi connectivity index (χ3n) is 4.44. The van der Waals surface area contributed by atoms with Crippen molar-refractivity contribution < 1.29 is 9.21 Å². The summed E-state index contributed by atoms with van der Waals surface area (Å²) < 4.78 is 6.77. The lowest BCUT2D eigenvalue weighted by Gasteiger charge is -2.20.